The van der Waals surface area contributed by atoms with Crippen molar-refractivity contribution in [3.05, 3.63) is 69.4 Å². The lowest BCUT2D eigenvalue weighted by molar-refractivity contribution is 0.636. The zero-order valence-corrected chi connectivity index (χ0v) is 16.5. The summed E-state index contributed by atoms with van der Waals surface area (Å²) in [5, 5.41) is 10.7. The van der Waals surface area contributed by atoms with Gasteiger partial charge >= 0.3 is 0 Å². The van der Waals surface area contributed by atoms with E-state index in [9.17, 15) is 9.18 Å². The molecule has 5 nitrogen and oxygen atoms in total. The predicted molar refractivity (Wildman–Crippen MR) is 119 cm³/mol. The quantitative estimate of drug-likeness (QED) is 0.332. The molecular formula is C23H16ClFN4O. The molecule has 1 aliphatic rings. The van der Waals surface area contributed by atoms with Crippen molar-refractivity contribution in [1.29, 1.82) is 0 Å². The van der Waals surface area contributed by atoms with E-state index in [-0.39, 0.29) is 16.8 Å². The summed E-state index contributed by atoms with van der Waals surface area (Å²) in [5.74, 6) is 0.0521. The van der Waals surface area contributed by atoms with Crippen LogP contribution >= 0.6 is 11.6 Å². The van der Waals surface area contributed by atoms with Crippen LogP contribution in [-0.4, -0.2) is 15.2 Å². The number of nitrogen functional groups attached to an aromatic ring is 1. The Morgan fingerprint density at radius 2 is 1.87 bits per heavy atom. The highest BCUT2D eigenvalue weighted by molar-refractivity contribution is 6.31. The number of hydrogen-bond donors (Lipinski definition) is 3. The van der Waals surface area contributed by atoms with Gasteiger partial charge in [-0.05, 0) is 59.5 Å². The summed E-state index contributed by atoms with van der Waals surface area (Å²) in [4.78, 5) is 15.8. The number of benzene rings is 3. The van der Waals surface area contributed by atoms with E-state index < -0.39 is 5.82 Å². The number of nitrogens with one attached hydrogen (secondary N) is 2. The minimum Gasteiger partial charge on any atom is -0.394 e. The number of hydrogen-bond acceptors (Lipinski definition) is 3. The number of nitrogens with zero attached hydrogens (tertiary/aromatic N) is 1. The number of aromatic nitrogens is 3. The lowest BCUT2D eigenvalue weighted by atomic mass is 9.91. The van der Waals surface area contributed by atoms with Crippen molar-refractivity contribution in [3.8, 4) is 11.1 Å². The zero-order chi connectivity index (χ0) is 20.6. The second-order valence-electron chi connectivity index (χ2n) is 7.85. The molecule has 1 saturated carbocycles. The van der Waals surface area contributed by atoms with E-state index in [0.717, 1.165) is 29.0 Å². The lowest BCUT2D eigenvalue weighted by Crippen LogP contribution is -2.14. The van der Waals surface area contributed by atoms with Crippen molar-refractivity contribution in [2.75, 3.05) is 5.73 Å². The van der Waals surface area contributed by atoms with Crippen molar-refractivity contribution >= 4 is 49.9 Å². The number of rotatable bonds is 2. The molecule has 6 rings (SSSR count). The van der Waals surface area contributed by atoms with Gasteiger partial charge in [-0.15, -0.1) is 0 Å². The molecule has 0 saturated heterocycles. The molecule has 2 heterocycles. The van der Waals surface area contributed by atoms with Crippen LogP contribution in [0.2, 0.25) is 5.02 Å². The summed E-state index contributed by atoms with van der Waals surface area (Å²) >= 11 is 6.28. The molecule has 0 amide bonds. The van der Waals surface area contributed by atoms with Crippen molar-refractivity contribution < 1.29 is 4.39 Å². The largest absolute Gasteiger partial charge is 0.394 e. The topological polar surface area (TPSA) is 87.6 Å². The standard InChI is InChI=1S/C23H16ClFN4O/c24-11-3-4-13-15(7-11)14(10-1-2-10)8-16-19(20(26)23(30)28-21(13)16)12-5-6-18(25)22-17(12)9-27-29-22/h3-10H,1-2,26H2,(H,27,29)(H,28,30). The van der Waals surface area contributed by atoms with E-state index in [1.807, 2.05) is 18.2 Å². The van der Waals surface area contributed by atoms with E-state index in [2.05, 4.69) is 21.2 Å². The maximum atomic E-state index is 14.3. The highest BCUT2D eigenvalue weighted by Gasteiger charge is 2.28. The normalized spacial score (nSPS) is 14.2. The van der Waals surface area contributed by atoms with Gasteiger partial charge in [-0.2, -0.15) is 5.10 Å². The first-order valence-electron chi connectivity index (χ1n) is 9.72. The van der Waals surface area contributed by atoms with Gasteiger partial charge in [-0.3, -0.25) is 9.89 Å². The zero-order valence-electron chi connectivity index (χ0n) is 15.7. The first-order valence-corrected chi connectivity index (χ1v) is 10.1. The van der Waals surface area contributed by atoms with Crippen LogP contribution in [0.3, 0.4) is 0 Å². The molecule has 0 atom stereocenters. The Morgan fingerprint density at radius 3 is 2.67 bits per heavy atom. The third-order valence-electron chi connectivity index (χ3n) is 6.00. The summed E-state index contributed by atoms with van der Waals surface area (Å²) in [5.41, 5.74) is 9.46. The van der Waals surface area contributed by atoms with Crippen LogP contribution < -0.4 is 11.3 Å². The first-order chi connectivity index (χ1) is 14.5. The van der Waals surface area contributed by atoms with Crippen LogP contribution in [0.15, 0.2) is 47.4 Å². The Hall–Kier alpha value is -3.38. The Balaban J connectivity index is 1.83. The van der Waals surface area contributed by atoms with Crippen molar-refractivity contribution in [2.24, 2.45) is 0 Å². The molecule has 0 radical (unpaired) electrons. The highest BCUT2D eigenvalue weighted by atomic mass is 35.5. The number of fused-ring (bicyclic) bond motifs is 4. The van der Waals surface area contributed by atoms with E-state index in [4.69, 9.17) is 17.3 Å². The van der Waals surface area contributed by atoms with Gasteiger partial charge < -0.3 is 10.7 Å². The van der Waals surface area contributed by atoms with Gasteiger partial charge in [0.25, 0.3) is 5.56 Å². The summed E-state index contributed by atoms with van der Waals surface area (Å²) in [6.07, 6.45) is 3.79. The third-order valence-corrected chi connectivity index (χ3v) is 6.24. The van der Waals surface area contributed by atoms with E-state index >= 15 is 0 Å². The Kier molecular flexibility index (Phi) is 3.53. The number of anilines is 1. The number of aromatic amines is 2. The van der Waals surface area contributed by atoms with Crippen LogP contribution in [0.4, 0.5) is 10.1 Å². The molecule has 4 N–H and O–H groups in total. The fourth-order valence-corrected chi connectivity index (χ4v) is 4.61. The summed E-state index contributed by atoms with van der Waals surface area (Å²) in [6, 6.07) is 10.8. The predicted octanol–water partition coefficient (Wildman–Crippen LogP) is 5.48. The van der Waals surface area contributed by atoms with Crippen LogP contribution in [0.25, 0.3) is 43.7 Å². The molecule has 0 unspecified atom stereocenters. The van der Waals surface area contributed by atoms with Crippen molar-refractivity contribution in [3.63, 3.8) is 0 Å². The second-order valence-corrected chi connectivity index (χ2v) is 8.29. The highest BCUT2D eigenvalue weighted by Crippen LogP contribution is 2.47. The lowest BCUT2D eigenvalue weighted by Gasteiger charge is -2.16. The summed E-state index contributed by atoms with van der Waals surface area (Å²) in [6.45, 7) is 0. The van der Waals surface area contributed by atoms with Crippen LogP contribution in [0.5, 0.6) is 0 Å². The molecule has 2 aromatic heterocycles. The molecule has 7 heteroatoms. The molecule has 148 valence electrons. The molecule has 1 fully saturated rings. The van der Waals surface area contributed by atoms with Crippen LogP contribution in [0, 0.1) is 5.82 Å². The number of nitrogens with two attached hydrogens (primary N) is 1. The summed E-state index contributed by atoms with van der Waals surface area (Å²) < 4.78 is 14.3. The third kappa shape index (κ3) is 2.40. The van der Waals surface area contributed by atoms with Gasteiger partial charge in [0, 0.05) is 26.7 Å². The number of halogens is 2. The smallest absolute Gasteiger partial charge is 0.272 e. The SMILES string of the molecule is Nc1c(-c2ccc(F)c3[nH]ncc23)c2cc(C3CC3)c3cc(Cl)ccc3c2[nH]c1=O. The van der Waals surface area contributed by atoms with Gasteiger partial charge in [0.2, 0.25) is 0 Å². The molecular weight excluding hydrogens is 403 g/mol. The molecule has 3 aromatic carbocycles. The maximum Gasteiger partial charge on any atom is 0.272 e. The number of pyridine rings is 1. The fourth-order valence-electron chi connectivity index (χ4n) is 4.44. The molecule has 0 spiro atoms. The van der Waals surface area contributed by atoms with Gasteiger partial charge in [0.15, 0.2) is 0 Å². The average molecular weight is 419 g/mol. The Morgan fingerprint density at radius 1 is 1.03 bits per heavy atom. The summed E-state index contributed by atoms with van der Waals surface area (Å²) in [7, 11) is 0. The maximum absolute atomic E-state index is 14.3. The molecule has 5 aromatic rings. The Labute approximate surface area is 174 Å². The van der Waals surface area contributed by atoms with Gasteiger partial charge in [0.1, 0.15) is 17.0 Å². The molecule has 0 aliphatic heterocycles. The first kappa shape index (κ1) is 17.5. The van der Waals surface area contributed by atoms with Gasteiger partial charge in [-0.25, -0.2) is 4.39 Å². The van der Waals surface area contributed by atoms with Gasteiger partial charge in [-0.1, -0.05) is 23.7 Å². The van der Waals surface area contributed by atoms with E-state index in [1.54, 1.807) is 12.3 Å². The number of H-pyrrole nitrogens is 2. The van der Waals surface area contributed by atoms with Crippen LogP contribution in [0.1, 0.15) is 24.3 Å². The van der Waals surface area contributed by atoms with E-state index in [1.165, 1.54) is 11.6 Å². The molecule has 1 aliphatic carbocycles. The minimum absolute atomic E-state index is 0.103. The second kappa shape index (κ2) is 6.06. The molecule has 30 heavy (non-hydrogen) atoms. The van der Waals surface area contributed by atoms with Crippen molar-refractivity contribution in [1.82, 2.24) is 15.2 Å². The van der Waals surface area contributed by atoms with E-state index in [0.29, 0.717) is 33.0 Å². The fraction of sp³-hybridized carbons (Fsp3) is 0.130. The molecule has 0 bridgehead atoms. The van der Waals surface area contributed by atoms with Crippen molar-refractivity contribution in [2.45, 2.75) is 18.8 Å². The minimum atomic E-state index is -0.405. The van der Waals surface area contributed by atoms with Gasteiger partial charge in [0.05, 0.1) is 11.7 Å². The Bertz CT molecular complexity index is 1570. The van der Waals surface area contributed by atoms with Crippen LogP contribution in [-0.2, 0) is 0 Å². The average Bonchev–Trinajstić information content (AvgIpc) is 3.45. The monoisotopic (exact) mass is 418 g/mol.